The van der Waals surface area contributed by atoms with E-state index in [-0.39, 0.29) is 5.91 Å². The van der Waals surface area contributed by atoms with Crippen molar-refractivity contribution in [2.75, 3.05) is 0 Å². The molecule has 0 radical (unpaired) electrons. The first-order chi connectivity index (χ1) is 8.29. The van der Waals surface area contributed by atoms with Crippen molar-refractivity contribution >= 4 is 5.91 Å². The lowest BCUT2D eigenvalue weighted by Crippen LogP contribution is -2.30. The topological polar surface area (TPSA) is 72.9 Å². The van der Waals surface area contributed by atoms with E-state index in [4.69, 9.17) is 5.84 Å². The molecule has 0 unspecified atom stereocenters. The molecular weight excluding hydrogens is 216 g/mol. The van der Waals surface area contributed by atoms with Gasteiger partial charge in [0.1, 0.15) is 0 Å². The van der Waals surface area contributed by atoms with Crippen LogP contribution < -0.4 is 11.3 Å². The number of aryl methyl sites for hydroxylation is 1. The SMILES string of the molecule is NNC(=O)CCn1cc(-c2ccccc2)cn1. The van der Waals surface area contributed by atoms with Gasteiger partial charge in [0.25, 0.3) is 0 Å². The number of hydrogen-bond acceptors (Lipinski definition) is 3. The van der Waals surface area contributed by atoms with Crippen LogP contribution in [0.3, 0.4) is 0 Å². The van der Waals surface area contributed by atoms with Crippen LogP contribution in [0.25, 0.3) is 11.1 Å². The zero-order chi connectivity index (χ0) is 12.1. The summed E-state index contributed by atoms with van der Waals surface area (Å²) in [6.07, 6.45) is 4.03. The molecule has 0 saturated heterocycles. The number of carbonyl (C=O) groups is 1. The second-order valence-corrected chi connectivity index (χ2v) is 3.68. The molecule has 88 valence electrons. The molecule has 2 rings (SSSR count). The second-order valence-electron chi connectivity index (χ2n) is 3.68. The zero-order valence-corrected chi connectivity index (χ0v) is 9.34. The highest BCUT2D eigenvalue weighted by Gasteiger charge is 2.03. The Hall–Kier alpha value is -2.14. The monoisotopic (exact) mass is 230 g/mol. The summed E-state index contributed by atoms with van der Waals surface area (Å²) in [5.74, 6) is 4.81. The number of nitrogens with one attached hydrogen (secondary N) is 1. The summed E-state index contributed by atoms with van der Waals surface area (Å²) in [5, 5.41) is 4.19. The van der Waals surface area contributed by atoms with Crippen LogP contribution in [0.1, 0.15) is 6.42 Å². The molecule has 0 aliphatic carbocycles. The third kappa shape index (κ3) is 2.92. The van der Waals surface area contributed by atoms with Gasteiger partial charge in [0.15, 0.2) is 0 Å². The number of nitrogens with zero attached hydrogens (tertiary/aromatic N) is 2. The summed E-state index contributed by atoms with van der Waals surface area (Å²) in [6.45, 7) is 0.524. The second kappa shape index (κ2) is 5.27. The lowest BCUT2D eigenvalue weighted by Gasteiger charge is -2.00. The normalized spacial score (nSPS) is 10.2. The number of nitrogens with two attached hydrogens (primary N) is 1. The predicted molar refractivity (Wildman–Crippen MR) is 64.6 cm³/mol. The maximum atomic E-state index is 11.0. The highest BCUT2D eigenvalue weighted by atomic mass is 16.2. The third-order valence-corrected chi connectivity index (χ3v) is 2.47. The van der Waals surface area contributed by atoms with E-state index in [1.165, 1.54) is 0 Å². The zero-order valence-electron chi connectivity index (χ0n) is 9.34. The number of carbonyl (C=O) groups excluding carboxylic acids is 1. The van der Waals surface area contributed by atoms with Gasteiger partial charge in [-0.15, -0.1) is 0 Å². The Morgan fingerprint density at radius 1 is 1.29 bits per heavy atom. The van der Waals surface area contributed by atoms with Gasteiger partial charge in [-0.1, -0.05) is 30.3 Å². The molecule has 0 bridgehead atoms. The van der Waals surface area contributed by atoms with Crippen LogP contribution in [0.15, 0.2) is 42.7 Å². The summed E-state index contributed by atoms with van der Waals surface area (Å²) < 4.78 is 1.73. The molecule has 0 saturated carbocycles. The highest BCUT2D eigenvalue weighted by molar-refractivity contribution is 5.75. The van der Waals surface area contributed by atoms with Crippen molar-refractivity contribution < 1.29 is 4.79 Å². The van der Waals surface area contributed by atoms with Gasteiger partial charge in [-0.25, -0.2) is 5.84 Å². The Morgan fingerprint density at radius 2 is 2.06 bits per heavy atom. The molecule has 0 fully saturated rings. The van der Waals surface area contributed by atoms with Crippen molar-refractivity contribution in [3.63, 3.8) is 0 Å². The first-order valence-electron chi connectivity index (χ1n) is 5.37. The number of aromatic nitrogens is 2. The minimum Gasteiger partial charge on any atom is -0.294 e. The van der Waals surface area contributed by atoms with Gasteiger partial charge in [0, 0.05) is 24.7 Å². The summed E-state index contributed by atoms with van der Waals surface area (Å²) >= 11 is 0. The predicted octanol–water partition coefficient (Wildman–Crippen LogP) is 0.930. The first kappa shape index (κ1) is 11.3. The number of rotatable bonds is 4. The molecule has 5 heteroatoms. The Labute approximate surface area is 99.2 Å². The van der Waals surface area contributed by atoms with Gasteiger partial charge < -0.3 is 0 Å². The van der Waals surface area contributed by atoms with E-state index in [1.807, 2.05) is 36.5 Å². The lowest BCUT2D eigenvalue weighted by atomic mass is 10.1. The van der Waals surface area contributed by atoms with Gasteiger partial charge in [0.2, 0.25) is 5.91 Å². The maximum Gasteiger partial charge on any atom is 0.235 e. The maximum absolute atomic E-state index is 11.0. The first-order valence-corrected chi connectivity index (χ1v) is 5.37. The summed E-state index contributed by atoms with van der Waals surface area (Å²) in [4.78, 5) is 11.0. The lowest BCUT2D eigenvalue weighted by molar-refractivity contribution is -0.121. The number of benzene rings is 1. The summed E-state index contributed by atoms with van der Waals surface area (Å²) in [7, 11) is 0. The summed E-state index contributed by atoms with van der Waals surface area (Å²) in [6, 6.07) is 9.98. The van der Waals surface area contributed by atoms with E-state index >= 15 is 0 Å². The molecule has 0 spiro atoms. The Kier molecular flexibility index (Phi) is 3.52. The molecule has 2 aromatic rings. The fourth-order valence-electron chi connectivity index (χ4n) is 1.55. The Morgan fingerprint density at radius 3 is 2.76 bits per heavy atom. The van der Waals surface area contributed by atoms with Crippen molar-refractivity contribution in [2.45, 2.75) is 13.0 Å². The smallest absolute Gasteiger partial charge is 0.235 e. The van der Waals surface area contributed by atoms with Crippen molar-refractivity contribution in [3.05, 3.63) is 42.7 Å². The van der Waals surface area contributed by atoms with E-state index in [0.29, 0.717) is 13.0 Å². The van der Waals surface area contributed by atoms with Gasteiger partial charge in [-0.05, 0) is 5.56 Å². The Bertz CT molecular complexity index is 492. The number of hydrazine groups is 1. The van der Waals surface area contributed by atoms with E-state index in [0.717, 1.165) is 11.1 Å². The van der Waals surface area contributed by atoms with Gasteiger partial charge >= 0.3 is 0 Å². The van der Waals surface area contributed by atoms with Crippen molar-refractivity contribution in [2.24, 2.45) is 5.84 Å². The van der Waals surface area contributed by atoms with Crippen LogP contribution in [0, 0.1) is 0 Å². The minimum absolute atomic E-state index is 0.193. The molecule has 0 aliphatic rings. The molecule has 0 atom stereocenters. The standard InChI is InChI=1S/C12H14N4O/c13-15-12(17)6-7-16-9-11(8-14-16)10-4-2-1-3-5-10/h1-5,8-9H,6-7,13H2,(H,15,17). The van der Waals surface area contributed by atoms with Gasteiger partial charge in [-0.3, -0.25) is 14.9 Å². The van der Waals surface area contributed by atoms with Crippen LogP contribution in [0.4, 0.5) is 0 Å². The van der Waals surface area contributed by atoms with Gasteiger partial charge in [-0.2, -0.15) is 5.10 Å². The van der Waals surface area contributed by atoms with Crippen LogP contribution in [0.5, 0.6) is 0 Å². The Balaban J connectivity index is 2.04. The van der Waals surface area contributed by atoms with E-state index in [9.17, 15) is 4.79 Å². The molecule has 5 nitrogen and oxygen atoms in total. The molecule has 1 amide bonds. The molecular formula is C12H14N4O. The fraction of sp³-hybridized carbons (Fsp3) is 0.167. The van der Waals surface area contributed by atoms with E-state index in [1.54, 1.807) is 10.9 Å². The largest absolute Gasteiger partial charge is 0.294 e. The highest BCUT2D eigenvalue weighted by Crippen LogP contribution is 2.17. The van der Waals surface area contributed by atoms with E-state index < -0.39 is 0 Å². The van der Waals surface area contributed by atoms with Crippen LogP contribution in [0.2, 0.25) is 0 Å². The van der Waals surface area contributed by atoms with Crippen molar-refractivity contribution in [3.8, 4) is 11.1 Å². The van der Waals surface area contributed by atoms with Crippen LogP contribution in [-0.2, 0) is 11.3 Å². The summed E-state index contributed by atoms with van der Waals surface area (Å²) in [5.41, 5.74) is 4.25. The quantitative estimate of drug-likeness (QED) is 0.466. The van der Waals surface area contributed by atoms with Gasteiger partial charge in [0.05, 0.1) is 6.20 Å². The molecule has 1 aromatic heterocycles. The number of amides is 1. The number of hydrogen-bond donors (Lipinski definition) is 2. The average molecular weight is 230 g/mol. The van der Waals surface area contributed by atoms with Crippen LogP contribution in [-0.4, -0.2) is 15.7 Å². The molecule has 1 aromatic carbocycles. The minimum atomic E-state index is -0.193. The molecule has 1 heterocycles. The van der Waals surface area contributed by atoms with Crippen molar-refractivity contribution in [1.29, 1.82) is 0 Å². The van der Waals surface area contributed by atoms with Crippen molar-refractivity contribution in [1.82, 2.24) is 15.2 Å². The molecule has 17 heavy (non-hydrogen) atoms. The average Bonchev–Trinajstić information content (AvgIpc) is 2.86. The molecule has 0 aliphatic heterocycles. The van der Waals surface area contributed by atoms with Crippen LogP contribution >= 0.6 is 0 Å². The van der Waals surface area contributed by atoms with E-state index in [2.05, 4.69) is 10.5 Å². The third-order valence-electron chi connectivity index (χ3n) is 2.47. The fourth-order valence-corrected chi connectivity index (χ4v) is 1.55. The molecule has 3 N–H and O–H groups in total.